The molecule has 4 N–H and O–H groups in total. The van der Waals surface area contributed by atoms with Crippen LogP contribution >= 0.6 is 0 Å². The van der Waals surface area contributed by atoms with Gasteiger partial charge in [0.25, 0.3) is 0 Å². The molecule has 0 aliphatic rings. The Morgan fingerprint density at radius 1 is 1.40 bits per heavy atom. The summed E-state index contributed by atoms with van der Waals surface area (Å²) in [7, 11) is 0. The molecule has 1 aromatic heterocycles. The third kappa shape index (κ3) is 2.03. The molecule has 0 aliphatic carbocycles. The SMILES string of the molecule is CCNCc1cc2cccc(CN)c2[nH]1. The van der Waals surface area contributed by atoms with Crippen molar-refractivity contribution in [3.05, 3.63) is 35.5 Å². The van der Waals surface area contributed by atoms with Crippen LogP contribution in [0, 0.1) is 0 Å². The molecular formula is C12H17N3. The molecule has 3 heteroatoms. The van der Waals surface area contributed by atoms with Crippen molar-refractivity contribution in [2.75, 3.05) is 6.54 Å². The number of hydrogen-bond donors (Lipinski definition) is 3. The Morgan fingerprint density at radius 3 is 3.00 bits per heavy atom. The molecule has 0 unspecified atom stereocenters. The summed E-state index contributed by atoms with van der Waals surface area (Å²) >= 11 is 0. The summed E-state index contributed by atoms with van der Waals surface area (Å²) in [5, 5.41) is 4.54. The van der Waals surface area contributed by atoms with Gasteiger partial charge in [0.2, 0.25) is 0 Å². The highest BCUT2D eigenvalue weighted by Crippen LogP contribution is 2.19. The number of para-hydroxylation sites is 1. The zero-order valence-electron chi connectivity index (χ0n) is 9.01. The van der Waals surface area contributed by atoms with E-state index in [4.69, 9.17) is 5.73 Å². The Kier molecular flexibility index (Phi) is 3.04. The Labute approximate surface area is 89.7 Å². The zero-order valence-corrected chi connectivity index (χ0v) is 9.01. The van der Waals surface area contributed by atoms with Crippen molar-refractivity contribution in [2.24, 2.45) is 5.73 Å². The standard InChI is InChI=1S/C12H17N3/c1-2-14-8-11-6-9-4-3-5-10(7-13)12(9)15-11/h3-6,14-15H,2,7-8,13H2,1H3. The minimum Gasteiger partial charge on any atom is -0.357 e. The molecule has 0 saturated carbocycles. The zero-order chi connectivity index (χ0) is 10.7. The second kappa shape index (κ2) is 4.47. The predicted molar refractivity (Wildman–Crippen MR) is 63.6 cm³/mol. The van der Waals surface area contributed by atoms with Gasteiger partial charge in [0, 0.05) is 24.2 Å². The lowest BCUT2D eigenvalue weighted by Crippen LogP contribution is -2.11. The number of benzene rings is 1. The lowest BCUT2D eigenvalue weighted by atomic mass is 10.1. The molecule has 80 valence electrons. The second-order valence-electron chi connectivity index (χ2n) is 3.66. The molecule has 15 heavy (non-hydrogen) atoms. The van der Waals surface area contributed by atoms with Gasteiger partial charge in [-0.2, -0.15) is 0 Å². The third-order valence-electron chi connectivity index (χ3n) is 2.58. The maximum absolute atomic E-state index is 5.69. The number of hydrogen-bond acceptors (Lipinski definition) is 2. The van der Waals surface area contributed by atoms with Crippen LogP contribution in [0.2, 0.25) is 0 Å². The fourth-order valence-electron chi connectivity index (χ4n) is 1.80. The minimum atomic E-state index is 0.582. The van der Waals surface area contributed by atoms with Crippen LogP contribution in [0.3, 0.4) is 0 Å². The van der Waals surface area contributed by atoms with E-state index in [2.05, 4.69) is 41.5 Å². The Balaban J connectivity index is 2.37. The molecule has 0 fully saturated rings. The number of H-pyrrole nitrogens is 1. The van der Waals surface area contributed by atoms with E-state index in [0.717, 1.165) is 13.1 Å². The first-order valence-electron chi connectivity index (χ1n) is 5.35. The van der Waals surface area contributed by atoms with Crippen LogP contribution in [-0.2, 0) is 13.1 Å². The Morgan fingerprint density at radius 2 is 2.27 bits per heavy atom. The highest BCUT2D eigenvalue weighted by atomic mass is 14.9. The van der Waals surface area contributed by atoms with Crippen LogP contribution in [0.1, 0.15) is 18.2 Å². The largest absolute Gasteiger partial charge is 0.357 e. The normalized spacial score (nSPS) is 11.1. The van der Waals surface area contributed by atoms with Crippen molar-refractivity contribution in [3.63, 3.8) is 0 Å². The van der Waals surface area contributed by atoms with Gasteiger partial charge in [-0.25, -0.2) is 0 Å². The van der Waals surface area contributed by atoms with Gasteiger partial charge in [-0.3, -0.25) is 0 Å². The van der Waals surface area contributed by atoms with Gasteiger partial charge in [0.05, 0.1) is 5.52 Å². The molecule has 2 aromatic rings. The van der Waals surface area contributed by atoms with Crippen molar-refractivity contribution in [1.29, 1.82) is 0 Å². The molecule has 1 heterocycles. The number of rotatable bonds is 4. The molecule has 3 nitrogen and oxygen atoms in total. The van der Waals surface area contributed by atoms with Crippen LogP contribution in [0.4, 0.5) is 0 Å². The van der Waals surface area contributed by atoms with Crippen LogP contribution in [-0.4, -0.2) is 11.5 Å². The minimum absolute atomic E-state index is 0.582. The summed E-state index contributed by atoms with van der Waals surface area (Å²) in [5.41, 5.74) is 9.26. The Bertz CT molecular complexity index is 445. The molecule has 0 atom stereocenters. The monoisotopic (exact) mass is 203 g/mol. The molecule has 2 rings (SSSR count). The van der Waals surface area contributed by atoms with E-state index in [1.165, 1.54) is 22.2 Å². The van der Waals surface area contributed by atoms with Crippen LogP contribution in [0.25, 0.3) is 10.9 Å². The number of nitrogens with one attached hydrogen (secondary N) is 2. The van der Waals surface area contributed by atoms with E-state index in [-0.39, 0.29) is 0 Å². The van der Waals surface area contributed by atoms with Crippen LogP contribution in [0.5, 0.6) is 0 Å². The van der Waals surface area contributed by atoms with E-state index in [9.17, 15) is 0 Å². The lowest BCUT2D eigenvalue weighted by molar-refractivity contribution is 0.715. The first kappa shape index (κ1) is 10.2. The molecular weight excluding hydrogens is 186 g/mol. The number of nitrogens with two attached hydrogens (primary N) is 1. The van der Waals surface area contributed by atoms with Crippen LogP contribution < -0.4 is 11.1 Å². The van der Waals surface area contributed by atoms with Gasteiger partial charge in [-0.05, 0) is 18.2 Å². The molecule has 1 aromatic carbocycles. The van der Waals surface area contributed by atoms with E-state index < -0.39 is 0 Å². The molecule has 0 amide bonds. The topological polar surface area (TPSA) is 53.8 Å². The summed E-state index contributed by atoms with van der Waals surface area (Å²) in [6.45, 7) is 4.56. The van der Waals surface area contributed by atoms with Crippen molar-refractivity contribution < 1.29 is 0 Å². The van der Waals surface area contributed by atoms with E-state index >= 15 is 0 Å². The van der Waals surface area contributed by atoms with Gasteiger partial charge in [0.1, 0.15) is 0 Å². The maximum Gasteiger partial charge on any atom is 0.0501 e. The number of fused-ring (bicyclic) bond motifs is 1. The summed E-state index contributed by atoms with van der Waals surface area (Å²) < 4.78 is 0. The smallest absolute Gasteiger partial charge is 0.0501 e. The second-order valence-corrected chi connectivity index (χ2v) is 3.66. The van der Waals surface area contributed by atoms with Gasteiger partial charge in [-0.15, -0.1) is 0 Å². The number of aromatic nitrogens is 1. The van der Waals surface area contributed by atoms with Crippen molar-refractivity contribution in [3.8, 4) is 0 Å². The molecule has 0 spiro atoms. The van der Waals surface area contributed by atoms with E-state index in [0.29, 0.717) is 6.54 Å². The average molecular weight is 203 g/mol. The quantitative estimate of drug-likeness (QED) is 0.709. The number of aromatic amines is 1. The van der Waals surface area contributed by atoms with Gasteiger partial charge in [0.15, 0.2) is 0 Å². The molecule has 0 saturated heterocycles. The predicted octanol–water partition coefficient (Wildman–Crippen LogP) is 1.74. The maximum atomic E-state index is 5.69. The van der Waals surface area contributed by atoms with Crippen molar-refractivity contribution >= 4 is 10.9 Å². The van der Waals surface area contributed by atoms with Gasteiger partial charge in [-0.1, -0.05) is 25.1 Å². The molecule has 0 radical (unpaired) electrons. The highest BCUT2D eigenvalue weighted by molar-refractivity contribution is 5.83. The van der Waals surface area contributed by atoms with E-state index in [1.54, 1.807) is 0 Å². The summed E-state index contributed by atoms with van der Waals surface area (Å²) in [6, 6.07) is 8.41. The van der Waals surface area contributed by atoms with Crippen molar-refractivity contribution in [2.45, 2.75) is 20.0 Å². The molecule has 0 bridgehead atoms. The summed E-state index contributed by atoms with van der Waals surface area (Å²) in [5.74, 6) is 0. The fourth-order valence-corrected chi connectivity index (χ4v) is 1.80. The summed E-state index contributed by atoms with van der Waals surface area (Å²) in [6.07, 6.45) is 0. The average Bonchev–Trinajstić information content (AvgIpc) is 2.68. The first-order chi connectivity index (χ1) is 7.35. The van der Waals surface area contributed by atoms with Gasteiger partial charge >= 0.3 is 0 Å². The highest BCUT2D eigenvalue weighted by Gasteiger charge is 2.03. The van der Waals surface area contributed by atoms with Gasteiger partial charge < -0.3 is 16.0 Å². The van der Waals surface area contributed by atoms with Crippen LogP contribution in [0.15, 0.2) is 24.3 Å². The Hall–Kier alpha value is -1.32. The lowest BCUT2D eigenvalue weighted by Gasteiger charge is -1.99. The van der Waals surface area contributed by atoms with E-state index in [1.807, 2.05) is 0 Å². The fraction of sp³-hybridized carbons (Fsp3) is 0.333. The van der Waals surface area contributed by atoms with Crippen molar-refractivity contribution in [1.82, 2.24) is 10.3 Å². The first-order valence-corrected chi connectivity index (χ1v) is 5.35. The summed E-state index contributed by atoms with van der Waals surface area (Å²) in [4.78, 5) is 3.41. The third-order valence-corrected chi connectivity index (χ3v) is 2.58. The molecule has 0 aliphatic heterocycles.